The molecule has 0 amide bonds. The summed E-state index contributed by atoms with van der Waals surface area (Å²) in [5, 5.41) is 0. The van der Waals surface area contributed by atoms with E-state index < -0.39 is 0 Å². The Labute approximate surface area is 373 Å². The van der Waals surface area contributed by atoms with Crippen LogP contribution in [-0.4, -0.2) is 0 Å². The molecule has 2 heteroatoms. The van der Waals surface area contributed by atoms with Gasteiger partial charge in [0.05, 0.1) is 22.7 Å². The predicted octanol–water partition coefficient (Wildman–Crippen LogP) is 16.9. The van der Waals surface area contributed by atoms with Crippen LogP contribution in [0.1, 0.15) is 171 Å². The molecular weight excluding hydrogens is 749 g/mol. The Morgan fingerprint density at radius 1 is 0.435 bits per heavy atom. The zero-order valence-corrected chi connectivity index (χ0v) is 40.3. The number of rotatable bonds is 3. The average Bonchev–Trinajstić information content (AvgIpc) is 3.50. The minimum atomic E-state index is -0.0962. The number of aryl methyl sites for hydroxylation is 1. The highest BCUT2D eigenvalue weighted by molar-refractivity contribution is 5.98. The van der Waals surface area contributed by atoms with Gasteiger partial charge in [-0.15, -0.1) is 0 Å². The van der Waals surface area contributed by atoms with E-state index in [1.54, 1.807) is 0 Å². The maximum atomic E-state index is 2.70. The summed E-state index contributed by atoms with van der Waals surface area (Å²) in [4.78, 5) is 5.36. The first kappa shape index (κ1) is 41.0. The van der Waals surface area contributed by atoms with Gasteiger partial charge in [-0.1, -0.05) is 164 Å². The van der Waals surface area contributed by atoms with Crippen LogP contribution in [0.3, 0.4) is 0 Å². The molecule has 1 atom stereocenters. The van der Waals surface area contributed by atoms with Crippen LogP contribution in [0.4, 0.5) is 34.1 Å². The van der Waals surface area contributed by atoms with E-state index >= 15 is 0 Å². The zero-order valence-electron chi connectivity index (χ0n) is 40.3. The van der Waals surface area contributed by atoms with Crippen molar-refractivity contribution in [1.29, 1.82) is 0 Å². The van der Waals surface area contributed by atoms with Gasteiger partial charge in [-0.05, 0) is 156 Å². The predicted molar refractivity (Wildman–Crippen MR) is 266 cm³/mol. The third-order valence-corrected chi connectivity index (χ3v) is 15.4. The molecule has 10 rings (SSSR count). The maximum absolute atomic E-state index is 2.70. The fraction of sp³-hybridized carbons (Fsp3) is 0.400. The van der Waals surface area contributed by atoms with E-state index in [9.17, 15) is 0 Å². The molecule has 6 aromatic rings. The van der Waals surface area contributed by atoms with E-state index in [4.69, 9.17) is 0 Å². The van der Waals surface area contributed by atoms with Gasteiger partial charge in [0.25, 0.3) is 0 Å². The molecule has 0 radical (unpaired) electrons. The Bertz CT molecular complexity index is 2830. The van der Waals surface area contributed by atoms with Crippen LogP contribution in [-0.2, 0) is 32.5 Å². The molecule has 6 aromatic carbocycles. The molecule has 0 saturated carbocycles. The van der Waals surface area contributed by atoms with E-state index in [-0.39, 0.29) is 38.4 Å². The Hall–Kier alpha value is -5.08. The van der Waals surface area contributed by atoms with E-state index in [0.29, 0.717) is 0 Å². The summed E-state index contributed by atoms with van der Waals surface area (Å²) in [6, 6.07) is 43.4. The summed E-state index contributed by atoms with van der Waals surface area (Å²) >= 11 is 0. The highest BCUT2D eigenvalue weighted by Gasteiger charge is 2.48. The topological polar surface area (TPSA) is 6.48 Å². The van der Waals surface area contributed by atoms with Crippen LogP contribution in [0.25, 0.3) is 11.1 Å². The van der Waals surface area contributed by atoms with Crippen molar-refractivity contribution in [3.63, 3.8) is 0 Å². The second-order valence-corrected chi connectivity index (χ2v) is 24.2. The summed E-state index contributed by atoms with van der Waals surface area (Å²) in [6.45, 7) is 36.1. The lowest BCUT2D eigenvalue weighted by Crippen LogP contribution is -2.31. The van der Waals surface area contributed by atoms with Crippen molar-refractivity contribution in [2.75, 3.05) is 9.80 Å². The van der Waals surface area contributed by atoms with Gasteiger partial charge in [0, 0.05) is 22.9 Å². The van der Waals surface area contributed by atoms with Crippen molar-refractivity contribution in [2.45, 2.75) is 155 Å². The first-order chi connectivity index (χ1) is 28.9. The third-order valence-electron chi connectivity index (χ3n) is 15.4. The molecule has 2 nitrogen and oxygen atoms in total. The average molecular weight is 817 g/mol. The molecule has 2 heterocycles. The fourth-order valence-electron chi connectivity index (χ4n) is 12.7. The van der Waals surface area contributed by atoms with Crippen molar-refractivity contribution in [2.24, 2.45) is 0 Å². The fourth-order valence-corrected chi connectivity index (χ4v) is 12.7. The van der Waals surface area contributed by atoms with Crippen molar-refractivity contribution in [3.05, 3.63) is 165 Å². The molecule has 0 saturated heterocycles. The molecule has 0 bridgehead atoms. The minimum Gasteiger partial charge on any atom is -0.310 e. The number of benzene rings is 6. The smallest absolute Gasteiger partial charge is 0.0527 e. The monoisotopic (exact) mass is 817 g/mol. The standard InChI is InChI=1S/C60H68N2/c1-36-21-23-39(55(2,3)4)28-48(36)62-49-27-38(37-19-17-16-18-20-37)22-25-42(49)53-43-32-46-47(60(14,15)35-59(46,12)13)33-50(43)61(51-29-40(56(5,6)7)30-52(62)54(51)53)41-24-26-44-45(31-41)58(10,11)34-57(44,8)9/h16-33,53H,34-35H2,1-15H3. The highest BCUT2D eigenvalue weighted by atomic mass is 15.2. The zero-order chi connectivity index (χ0) is 44.3. The number of fused-ring (bicyclic) bond motifs is 6. The van der Waals surface area contributed by atoms with Gasteiger partial charge in [-0.25, -0.2) is 0 Å². The maximum Gasteiger partial charge on any atom is 0.0527 e. The Balaban J connectivity index is 1.36. The van der Waals surface area contributed by atoms with Gasteiger partial charge < -0.3 is 9.80 Å². The Morgan fingerprint density at radius 3 is 1.61 bits per heavy atom. The van der Waals surface area contributed by atoms with E-state index in [2.05, 4.69) is 223 Å². The largest absolute Gasteiger partial charge is 0.310 e. The molecule has 0 N–H and O–H groups in total. The summed E-state index contributed by atoms with van der Waals surface area (Å²) in [7, 11) is 0. The summed E-state index contributed by atoms with van der Waals surface area (Å²) in [5.74, 6) is 0.0528. The van der Waals surface area contributed by atoms with Crippen molar-refractivity contribution in [3.8, 4) is 11.1 Å². The lowest BCUT2D eigenvalue weighted by Gasteiger charge is -2.47. The van der Waals surface area contributed by atoms with Crippen LogP contribution in [0, 0.1) is 6.92 Å². The van der Waals surface area contributed by atoms with Crippen LogP contribution in [0.5, 0.6) is 0 Å². The van der Waals surface area contributed by atoms with Gasteiger partial charge in [0.1, 0.15) is 0 Å². The summed E-state index contributed by atoms with van der Waals surface area (Å²) < 4.78 is 0. The minimum absolute atomic E-state index is 0.00518. The quantitative estimate of drug-likeness (QED) is 0.175. The Morgan fingerprint density at radius 2 is 0.984 bits per heavy atom. The molecular formula is C60H68N2. The van der Waals surface area contributed by atoms with Crippen LogP contribution < -0.4 is 9.80 Å². The number of anilines is 6. The van der Waals surface area contributed by atoms with Crippen molar-refractivity contribution < 1.29 is 0 Å². The van der Waals surface area contributed by atoms with Gasteiger partial charge in [-0.3, -0.25) is 0 Å². The van der Waals surface area contributed by atoms with Crippen molar-refractivity contribution in [1.82, 2.24) is 0 Å². The molecule has 0 fully saturated rings. The lowest BCUT2D eigenvalue weighted by molar-refractivity contribution is 0.402. The lowest BCUT2D eigenvalue weighted by atomic mass is 9.72. The summed E-state index contributed by atoms with van der Waals surface area (Å²) in [5.41, 5.74) is 24.6. The van der Waals surface area contributed by atoms with E-state index in [1.165, 1.54) is 101 Å². The summed E-state index contributed by atoms with van der Waals surface area (Å²) in [6.07, 6.45) is 2.28. The van der Waals surface area contributed by atoms with Gasteiger partial charge >= 0.3 is 0 Å². The second-order valence-electron chi connectivity index (χ2n) is 24.2. The molecule has 2 aliphatic carbocycles. The molecule has 4 aliphatic rings. The normalized spacial score (nSPS) is 19.7. The van der Waals surface area contributed by atoms with Gasteiger partial charge in [-0.2, -0.15) is 0 Å². The number of hydrogen-bond acceptors (Lipinski definition) is 2. The van der Waals surface area contributed by atoms with Crippen LogP contribution >= 0.6 is 0 Å². The third kappa shape index (κ3) is 6.09. The van der Waals surface area contributed by atoms with Crippen molar-refractivity contribution >= 4 is 34.1 Å². The number of hydrogen-bond donors (Lipinski definition) is 0. The second kappa shape index (κ2) is 13.0. The first-order valence-electron chi connectivity index (χ1n) is 23.3. The highest BCUT2D eigenvalue weighted by Crippen LogP contribution is 2.64. The van der Waals surface area contributed by atoms with Crippen LogP contribution in [0.2, 0.25) is 0 Å². The SMILES string of the molecule is Cc1ccc(C(C)(C)C)cc1N1c2cc(-c3ccccc3)ccc2C2c3cc4c(cc3N(c3ccc5c(c3)C(C)(C)CC5(C)C)c3cc(C(C)(C)C)cc1c32)C(C)(C)CC4(C)C. The molecule has 0 spiro atoms. The molecule has 1 unspecified atom stereocenters. The first-order valence-corrected chi connectivity index (χ1v) is 23.3. The van der Waals surface area contributed by atoms with Crippen LogP contribution in [0.15, 0.2) is 109 Å². The molecule has 62 heavy (non-hydrogen) atoms. The van der Waals surface area contributed by atoms with E-state index in [1.807, 2.05) is 0 Å². The molecule has 2 aliphatic heterocycles. The number of nitrogens with zero attached hydrogens (tertiary/aromatic N) is 2. The molecule has 0 aromatic heterocycles. The molecule has 318 valence electrons. The van der Waals surface area contributed by atoms with Gasteiger partial charge in [0.2, 0.25) is 0 Å². The Kier molecular flexibility index (Phi) is 8.59. The van der Waals surface area contributed by atoms with Gasteiger partial charge in [0.15, 0.2) is 0 Å². The van der Waals surface area contributed by atoms with E-state index in [0.717, 1.165) is 12.8 Å².